The number of primary amides is 1. The van der Waals surface area contributed by atoms with Crippen molar-refractivity contribution in [1.29, 1.82) is 5.41 Å². The monoisotopic (exact) mass is 558 g/mol. The van der Waals surface area contributed by atoms with Gasteiger partial charge in [-0.2, -0.15) is 0 Å². The predicted octanol–water partition coefficient (Wildman–Crippen LogP) is 1.28. The van der Waals surface area contributed by atoms with E-state index in [4.69, 9.17) is 16.9 Å². The molecule has 1 aromatic heterocycles. The highest BCUT2D eigenvalue weighted by molar-refractivity contribution is 8.12. The Morgan fingerprint density at radius 1 is 1.05 bits per heavy atom. The minimum Gasteiger partial charge on any atom is -0.370 e. The van der Waals surface area contributed by atoms with E-state index >= 15 is 0 Å². The van der Waals surface area contributed by atoms with Crippen molar-refractivity contribution >= 4 is 51.6 Å². The van der Waals surface area contributed by atoms with Crippen LogP contribution in [0.4, 0.5) is 4.79 Å². The maximum Gasteiger partial charge on any atom is 0.282 e. The van der Waals surface area contributed by atoms with E-state index in [0.29, 0.717) is 25.1 Å². The highest BCUT2D eigenvalue weighted by Gasteiger charge is 2.27. The molecule has 0 spiro atoms. The lowest BCUT2D eigenvalue weighted by Crippen LogP contribution is -2.54. The van der Waals surface area contributed by atoms with Crippen molar-refractivity contribution in [3.05, 3.63) is 42.1 Å². The maximum absolute atomic E-state index is 13.1. The quantitative estimate of drug-likeness (QED) is 0.113. The van der Waals surface area contributed by atoms with E-state index in [9.17, 15) is 19.2 Å². The molecule has 0 radical (unpaired) electrons. The summed E-state index contributed by atoms with van der Waals surface area (Å²) < 4.78 is 0. The third kappa shape index (κ3) is 10.8. The SMILES string of the molecule is CSC(=O)N(CC(=O)N[C@@H](CCCNC(=N)N)C(=O)N[C@@H](CC(C)C)C(N)=O)Cc1ccc2ccccc2n1. The van der Waals surface area contributed by atoms with Crippen LogP contribution in [0.15, 0.2) is 36.4 Å². The lowest BCUT2D eigenvalue weighted by Gasteiger charge is -2.25. The third-order valence-corrected chi connectivity index (χ3v) is 6.39. The zero-order valence-electron chi connectivity index (χ0n) is 22.5. The number of pyridine rings is 1. The third-order valence-electron chi connectivity index (χ3n) is 5.78. The Morgan fingerprint density at radius 2 is 1.77 bits per heavy atom. The van der Waals surface area contributed by atoms with Crippen molar-refractivity contribution < 1.29 is 19.2 Å². The van der Waals surface area contributed by atoms with E-state index in [0.717, 1.165) is 22.7 Å². The van der Waals surface area contributed by atoms with Gasteiger partial charge in [0.25, 0.3) is 5.24 Å². The van der Waals surface area contributed by atoms with Gasteiger partial charge in [-0.1, -0.05) is 49.9 Å². The van der Waals surface area contributed by atoms with Gasteiger partial charge in [0, 0.05) is 11.9 Å². The molecule has 0 aliphatic carbocycles. The van der Waals surface area contributed by atoms with Crippen molar-refractivity contribution in [3.8, 4) is 0 Å². The zero-order valence-corrected chi connectivity index (χ0v) is 23.3. The lowest BCUT2D eigenvalue weighted by molar-refractivity contribution is -0.131. The molecule has 0 bridgehead atoms. The molecular formula is C26H38N8O4S. The number of carbonyl (C=O) groups excluding carboxylic acids is 4. The zero-order chi connectivity index (χ0) is 28.9. The van der Waals surface area contributed by atoms with Crippen LogP contribution in [0.2, 0.25) is 0 Å². The largest absolute Gasteiger partial charge is 0.370 e. The number of guanidine groups is 1. The van der Waals surface area contributed by atoms with Crippen LogP contribution in [0.25, 0.3) is 10.9 Å². The average molecular weight is 559 g/mol. The molecule has 39 heavy (non-hydrogen) atoms. The first kappa shape index (κ1) is 31.3. The van der Waals surface area contributed by atoms with E-state index in [1.165, 1.54) is 4.90 Å². The number of fused-ring (bicyclic) bond motifs is 1. The molecule has 0 fully saturated rings. The number of benzene rings is 1. The van der Waals surface area contributed by atoms with Gasteiger partial charge in [0.15, 0.2) is 5.96 Å². The molecule has 0 saturated carbocycles. The fraction of sp³-hybridized carbons (Fsp3) is 0.462. The molecule has 2 aromatic rings. The van der Waals surface area contributed by atoms with Gasteiger partial charge in [-0.05, 0) is 43.6 Å². The first-order chi connectivity index (χ1) is 18.5. The van der Waals surface area contributed by atoms with Gasteiger partial charge < -0.3 is 32.3 Å². The molecule has 2 rings (SSSR count). The van der Waals surface area contributed by atoms with Gasteiger partial charge in [0.2, 0.25) is 17.7 Å². The van der Waals surface area contributed by atoms with Gasteiger partial charge in [0.05, 0.1) is 17.8 Å². The number of thioether (sulfide) groups is 1. The van der Waals surface area contributed by atoms with E-state index in [-0.39, 0.29) is 36.6 Å². The predicted molar refractivity (Wildman–Crippen MR) is 153 cm³/mol. The van der Waals surface area contributed by atoms with E-state index in [2.05, 4.69) is 20.9 Å². The highest BCUT2D eigenvalue weighted by atomic mass is 32.2. The van der Waals surface area contributed by atoms with Crippen LogP contribution < -0.4 is 27.4 Å². The molecule has 1 aromatic carbocycles. The van der Waals surface area contributed by atoms with Crippen LogP contribution in [0.3, 0.4) is 0 Å². The first-order valence-electron chi connectivity index (χ1n) is 12.6. The number of carbonyl (C=O) groups is 4. The number of nitrogens with zero attached hydrogens (tertiary/aromatic N) is 2. The van der Waals surface area contributed by atoms with Crippen molar-refractivity contribution in [2.24, 2.45) is 17.4 Å². The molecule has 1 heterocycles. The standard InChI is InChI=1S/C26H38N8O4S/c1-16(2)13-21(23(27)36)33-24(37)20(9-6-12-30-25(28)29)32-22(35)15-34(26(38)39-3)14-18-11-10-17-7-4-5-8-19(17)31-18/h4-5,7-8,10-11,16,20-21H,6,9,12-15H2,1-3H3,(H2,27,36)(H,32,35)(H,33,37)(H4,28,29,30)/t20-,21-/m0/s1. The average Bonchev–Trinajstić information content (AvgIpc) is 2.88. The summed E-state index contributed by atoms with van der Waals surface area (Å²) in [6, 6.07) is 9.42. The summed E-state index contributed by atoms with van der Waals surface area (Å²) in [7, 11) is 0. The summed E-state index contributed by atoms with van der Waals surface area (Å²) in [4.78, 5) is 56.6. The molecule has 13 heteroatoms. The van der Waals surface area contributed by atoms with E-state index < -0.39 is 29.8 Å². The number of rotatable bonds is 14. The Morgan fingerprint density at radius 3 is 2.41 bits per heavy atom. The lowest BCUT2D eigenvalue weighted by atomic mass is 10.0. The fourth-order valence-electron chi connectivity index (χ4n) is 3.91. The van der Waals surface area contributed by atoms with Crippen LogP contribution in [0, 0.1) is 11.3 Å². The smallest absolute Gasteiger partial charge is 0.282 e. The Hall–Kier alpha value is -3.87. The molecule has 0 unspecified atom stereocenters. The number of nitrogens with two attached hydrogens (primary N) is 2. The van der Waals surface area contributed by atoms with Crippen molar-refractivity contribution in [2.45, 2.75) is 51.7 Å². The Labute approximate surface area is 232 Å². The molecule has 212 valence electrons. The van der Waals surface area contributed by atoms with E-state index in [1.54, 1.807) is 12.3 Å². The van der Waals surface area contributed by atoms with Gasteiger partial charge in [-0.15, -0.1) is 0 Å². The van der Waals surface area contributed by atoms with Gasteiger partial charge in [-0.25, -0.2) is 0 Å². The summed E-state index contributed by atoms with van der Waals surface area (Å²) in [5, 5.41) is 15.9. The molecule has 4 amide bonds. The van der Waals surface area contributed by atoms with Gasteiger partial charge in [0.1, 0.15) is 18.6 Å². The second-order valence-electron chi connectivity index (χ2n) is 9.52. The number of aromatic nitrogens is 1. The Balaban J connectivity index is 2.14. The van der Waals surface area contributed by atoms with E-state index in [1.807, 2.05) is 44.2 Å². The van der Waals surface area contributed by atoms with Crippen molar-refractivity contribution in [2.75, 3.05) is 19.3 Å². The summed E-state index contributed by atoms with van der Waals surface area (Å²) in [6.07, 6.45) is 2.58. The molecule has 0 saturated heterocycles. The normalized spacial score (nSPS) is 12.4. The number of para-hydroxylation sites is 1. The number of nitrogens with one attached hydrogen (secondary N) is 4. The minimum atomic E-state index is -0.995. The highest BCUT2D eigenvalue weighted by Crippen LogP contribution is 2.15. The molecular weight excluding hydrogens is 520 g/mol. The van der Waals surface area contributed by atoms with Crippen LogP contribution in [0.1, 0.15) is 38.8 Å². The number of hydrogen-bond donors (Lipinski definition) is 6. The van der Waals surface area contributed by atoms with Gasteiger partial charge >= 0.3 is 0 Å². The van der Waals surface area contributed by atoms with Crippen molar-refractivity contribution in [3.63, 3.8) is 0 Å². The maximum atomic E-state index is 13.1. The fourth-order valence-corrected chi connectivity index (χ4v) is 4.29. The summed E-state index contributed by atoms with van der Waals surface area (Å²) in [5.41, 5.74) is 12.2. The minimum absolute atomic E-state index is 0.102. The number of hydrogen-bond acceptors (Lipinski definition) is 7. The number of amides is 4. The van der Waals surface area contributed by atoms with Gasteiger partial charge in [-0.3, -0.25) is 29.6 Å². The van der Waals surface area contributed by atoms with Crippen LogP contribution in [-0.2, 0) is 20.9 Å². The Kier molecular flexibility index (Phi) is 12.5. The second-order valence-corrected chi connectivity index (χ2v) is 10.3. The van der Waals surface area contributed by atoms with Crippen LogP contribution >= 0.6 is 11.8 Å². The molecule has 2 atom stereocenters. The molecule has 0 aliphatic heterocycles. The van der Waals surface area contributed by atoms with Crippen LogP contribution in [0.5, 0.6) is 0 Å². The molecule has 8 N–H and O–H groups in total. The summed E-state index contributed by atoms with van der Waals surface area (Å²) in [5.74, 6) is -1.88. The summed E-state index contributed by atoms with van der Waals surface area (Å²) >= 11 is 0.968. The topological polar surface area (TPSA) is 196 Å². The van der Waals surface area contributed by atoms with Crippen molar-refractivity contribution in [1.82, 2.24) is 25.8 Å². The second kappa shape index (κ2) is 15.5. The molecule has 0 aliphatic rings. The first-order valence-corrected chi connectivity index (χ1v) is 13.9. The Bertz CT molecular complexity index is 1180. The summed E-state index contributed by atoms with van der Waals surface area (Å²) in [6.45, 7) is 3.92. The van der Waals surface area contributed by atoms with Crippen LogP contribution in [-0.4, -0.2) is 70.2 Å². The molecule has 12 nitrogen and oxygen atoms in total.